The largest absolute Gasteiger partial charge is 0.337 e. The monoisotopic (exact) mass is 299 g/mol. The summed E-state index contributed by atoms with van der Waals surface area (Å²) in [5, 5.41) is 7.30. The van der Waals surface area contributed by atoms with E-state index >= 15 is 0 Å². The van der Waals surface area contributed by atoms with Gasteiger partial charge in [-0.3, -0.25) is 0 Å². The normalized spacial score (nSPS) is 12.9. The maximum absolute atomic E-state index is 4.53. The highest BCUT2D eigenvalue weighted by atomic mass is 32.1. The molecule has 0 saturated heterocycles. The number of fused-ring (bicyclic) bond motifs is 1. The average molecular weight is 299 g/mol. The molecule has 110 valence electrons. The van der Waals surface area contributed by atoms with Crippen molar-refractivity contribution in [2.75, 3.05) is 6.54 Å². The van der Waals surface area contributed by atoms with Crippen LogP contribution in [0.5, 0.6) is 0 Å². The van der Waals surface area contributed by atoms with Gasteiger partial charge < -0.3 is 9.88 Å². The third-order valence-corrected chi connectivity index (χ3v) is 4.81. The summed E-state index contributed by atoms with van der Waals surface area (Å²) in [6.45, 7) is 3.21. The Hall–Kier alpha value is -1.65. The van der Waals surface area contributed by atoms with Gasteiger partial charge in [-0.05, 0) is 41.8 Å². The van der Waals surface area contributed by atoms with E-state index in [2.05, 4.69) is 58.5 Å². The Balaban J connectivity index is 1.89. The van der Waals surface area contributed by atoms with Crippen molar-refractivity contribution < 1.29 is 0 Å². The van der Waals surface area contributed by atoms with E-state index in [1.54, 1.807) is 0 Å². The number of nitrogens with zero attached hydrogens (tertiary/aromatic N) is 2. The summed E-state index contributed by atoms with van der Waals surface area (Å²) in [4.78, 5) is 4.53. The predicted octanol–water partition coefficient (Wildman–Crippen LogP) is 3.92. The Kier molecular flexibility index (Phi) is 4.36. The van der Waals surface area contributed by atoms with E-state index in [0.29, 0.717) is 0 Å². The molecule has 1 unspecified atom stereocenters. The smallest absolute Gasteiger partial charge is 0.125 e. The molecule has 0 aliphatic heterocycles. The molecule has 2 heterocycles. The Morgan fingerprint density at radius 2 is 2.19 bits per heavy atom. The minimum atomic E-state index is 0.267. The number of rotatable bonds is 6. The number of aromatic nitrogens is 2. The van der Waals surface area contributed by atoms with Gasteiger partial charge in [0.2, 0.25) is 0 Å². The van der Waals surface area contributed by atoms with Gasteiger partial charge in [-0.1, -0.05) is 25.1 Å². The Morgan fingerprint density at radius 3 is 2.95 bits per heavy atom. The fraction of sp³-hybridized carbons (Fsp3) is 0.353. The minimum Gasteiger partial charge on any atom is -0.337 e. The van der Waals surface area contributed by atoms with Gasteiger partial charge in [0.05, 0.1) is 6.04 Å². The number of hydrogen-bond acceptors (Lipinski definition) is 3. The van der Waals surface area contributed by atoms with E-state index in [0.717, 1.165) is 25.2 Å². The van der Waals surface area contributed by atoms with Gasteiger partial charge in [0.25, 0.3) is 0 Å². The lowest BCUT2D eigenvalue weighted by Gasteiger charge is -2.18. The number of nitrogens with one attached hydrogen (secondary N) is 1. The van der Waals surface area contributed by atoms with Crippen LogP contribution >= 0.6 is 11.3 Å². The van der Waals surface area contributed by atoms with Crippen molar-refractivity contribution in [3.05, 3.63) is 53.4 Å². The summed E-state index contributed by atoms with van der Waals surface area (Å²) in [6.07, 6.45) is 6.00. The van der Waals surface area contributed by atoms with Crippen LogP contribution < -0.4 is 5.32 Å². The zero-order chi connectivity index (χ0) is 14.7. The highest BCUT2D eigenvalue weighted by Gasteiger charge is 2.17. The van der Waals surface area contributed by atoms with Crippen molar-refractivity contribution in [3.63, 3.8) is 0 Å². The summed E-state index contributed by atoms with van der Waals surface area (Å²) in [7, 11) is 2.06. The predicted molar refractivity (Wildman–Crippen MR) is 89.8 cm³/mol. The molecule has 2 aromatic heterocycles. The van der Waals surface area contributed by atoms with E-state index in [4.69, 9.17) is 0 Å². The van der Waals surface area contributed by atoms with E-state index in [1.807, 2.05) is 23.7 Å². The molecular weight excluding hydrogens is 278 g/mol. The van der Waals surface area contributed by atoms with Crippen molar-refractivity contribution in [1.29, 1.82) is 0 Å². The van der Waals surface area contributed by atoms with Crippen LogP contribution in [0.15, 0.2) is 42.0 Å². The Morgan fingerprint density at radius 1 is 1.33 bits per heavy atom. The van der Waals surface area contributed by atoms with Gasteiger partial charge in [0.15, 0.2) is 0 Å². The van der Waals surface area contributed by atoms with Crippen LogP contribution in [0, 0.1) is 0 Å². The van der Waals surface area contributed by atoms with Gasteiger partial charge in [-0.2, -0.15) is 0 Å². The lowest BCUT2D eigenvalue weighted by molar-refractivity contribution is 0.493. The van der Waals surface area contributed by atoms with Crippen LogP contribution in [0.25, 0.3) is 10.1 Å². The van der Waals surface area contributed by atoms with Crippen molar-refractivity contribution >= 4 is 21.4 Å². The molecule has 3 nitrogen and oxygen atoms in total. The molecule has 0 fully saturated rings. The SMILES string of the molecule is CCCNC(Cc1csc2ccccc12)c1nccn1C. The zero-order valence-electron chi connectivity index (χ0n) is 12.5. The average Bonchev–Trinajstić information content (AvgIpc) is 3.10. The molecule has 0 saturated carbocycles. The fourth-order valence-electron chi connectivity index (χ4n) is 2.70. The van der Waals surface area contributed by atoms with Gasteiger partial charge in [0, 0.05) is 24.1 Å². The molecular formula is C17H21N3S. The molecule has 3 aromatic rings. The lowest BCUT2D eigenvalue weighted by Crippen LogP contribution is -2.26. The molecule has 1 N–H and O–H groups in total. The Labute approximate surface area is 129 Å². The van der Waals surface area contributed by atoms with E-state index in [1.165, 1.54) is 15.6 Å². The van der Waals surface area contributed by atoms with E-state index in [-0.39, 0.29) is 6.04 Å². The molecule has 21 heavy (non-hydrogen) atoms. The second-order valence-electron chi connectivity index (χ2n) is 5.36. The molecule has 1 aromatic carbocycles. The van der Waals surface area contributed by atoms with Crippen LogP contribution in [0.2, 0.25) is 0 Å². The summed E-state index contributed by atoms with van der Waals surface area (Å²) in [5.74, 6) is 1.11. The third kappa shape index (κ3) is 3.01. The summed E-state index contributed by atoms with van der Waals surface area (Å²) < 4.78 is 3.48. The number of imidazole rings is 1. The second-order valence-corrected chi connectivity index (χ2v) is 6.28. The highest BCUT2D eigenvalue weighted by Crippen LogP contribution is 2.29. The maximum Gasteiger partial charge on any atom is 0.125 e. The highest BCUT2D eigenvalue weighted by molar-refractivity contribution is 7.17. The molecule has 3 rings (SSSR count). The first kappa shape index (κ1) is 14.3. The van der Waals surface area contributed by atoms with E-state index in [9.17, 15) is 0 Å². The van der Waals surface area contributed by atoms with Crippen LogP contribution in [0.3, 0.4) is 0 Å². The molecule has 0 aliphatic carbocycles. The standard InChI is InChI=1S/C17H21N3S/c1-3-8-18-15(17-19-9-10-20(17)2)11-13-12-21-16-7-5-4-6-14(13)16/h4-7,9-10,12,15,18H,3,8,11H2,1-2H3. The van der Waals surface area contributed by atoms with Gasteiger partial charge in [0.1, 0.15) is 5.82 Å². The fourth-order valence-corrected chi connectivity index (χ4v) is 3.67. The second kappa shape index (κ2) is 6.41. The maximum atomic E-state index is 4.53. The van der Waals surface area contributed by atoms with Crippen LogP contribution in [-0.4, -0.2) is 16.1 Å². The molecule has 0 bridgehead atoms. The van der Waals surface area contributed by atoms with Crippen molar-refractivity contribution in [3.8, 4) is 0 Å². The number of hydrogen-bond donors (Lipinski definition) is 1. The van der Waals surface area contributed by atoms with Crippen molar-refractivity contribution in [2.24, 2.45) is 7.05 Å². The first-order valence-electron chi connectivity index (χ1n) is 7.45. The third-order valence-electron chi connectivity index (χ3n) is 3.80. The van der Waals surface area contributed by atoms with Crippen LogP contribution in [0.4, 0.5) is 0 Å². The molecule has 0 radical (unpaired) electrons. The number of thiophene rings is 1. The Bertz CT molecular complexity index is 713. The first-order chi connectivity index (χ1) is 10.3. The molecule has 0 amide bonds. The van der Waals surface area contributed by atoms with Crippen molar-refractivity contribution in [1.82, 2.24) is 14.9 Å². The van der Waals surface area contributed by atoms with Gasteiger partial charge in [-0.25, -0.2) is 4.98 Å². The van der Waals surface area contributed by atoms with Gasteiger partial charge >= 0.3 is 0 Å². The molecule has 4 heteroatoms. The lowest BCUT2D eigenvalue weighted by atomic mass is 10.0. The van der Waals surface area contributed by atoms with Gasteiger partial charge in [-0.15, -0.1) is 11.3 Å². The summed E-state index contributed by atoms with van der Waals surface area (Å²) >= 11 is 1.83. The number of benzene rings is 1. The van der Waals surface area contributed by atoms with E-state index < -0.39 is 0 Å². The minimum absolute atomic E-state index is 0.267. The first-order valence-corrected chi connectivity index (χ1v) is 8.33. The number of aryl methyl sites for hydroxylation is 1. The zero-order valence-corrected chi connectivity index (χ0v) is 13.4. The molecule has 0 aliphatic rings. The van der Waals surface area contributed by atoms with Crippen LogP contribution in [-0.2, 0) is 13.5 Å². The topological polar surface area (TPSA) is 29.9 Å². The van der Waals surface area contributed by atoms with Crippen LogP contribution in [0.1, 0.15) is 30.8 Å². The molecule has 1 atom stereocenters. The quantitative estimate of drug-likeness (QED) is 0.747. The molecule has 0 spiro atoms. The summed E-state index contributed by atoms with van der Waals surface area (Å²) in [6, 6.07) is 8.90. The summed E-state index contributed by atoms with van der Waals surface area (Å²) in [5.41, 5.74) is 1.41. The van der Waals surface area contributed by atoms with Crippen molar-refractivity contribution in [2.45, 2.75) is 25.8 Å².